The molecule has 0 aromatic heterocycles. The smallest absolute Gasteiger partial charge is 0.0320 e. The maximum Gasteiger partial charge on any atom is 0.0320 e. The van der Waals surface area contributed by atoms with Crippen molar-refractivity contribution in [3.63, 3.8) is 0 Å². The van der Waals surface area contributed by atoms with Gasteiger partial charge in [-0.2, -0.15) is 0 Å². The standard InChI is InChI=1S/C11H15N.C3H7N.C2H6/c1-4-11-6-5-10(12(2)3)7-9(11)8-11;1-3(2)4;1-2/h4-7,9H,1,8H2,2-3H3;1,4H2,2H3;1-2H3. The lowest BCUT2D eigenvalue weighted by Crippen LogP contribution is -2.12. The van der Waals surface area contributed by atoms with Crippen molar-refractivity contribution in [2.45, 2.75) is 27.2 Å². The highest BCUT2D eigenvalue weighted by Gasteiger charge is 2.49. The monoisotopic (exact) mass is 248 g/mol. The second kappa shape index (κ2) is 7.10. The van der Waals surface area contributed by atoms with E-state index in [-0.39, 0.29) is 0 Å². The molecule has 0 bridgehead atoms. The van der Waals surface area contributed by atoms with Crippen LogP contribution in [0.15, 0.2) is 48.9 Å². The van der Waals surface area contributed by atoms with Crippen LogP contribution in [0.3, 0.4) is 0 Å². The maximum absolute atomic E-state index is 4.92. The van der Waals surface area contributed by atoms with E-state index in [1.807, 2.05) is 13.8 Å². The van der Waals surface area contributed by atoms with Gasteiger partial charge in [-0.15, -0.1) is 6.58 Å². The molecule has 102 valence electrons. The summed E-state index contributed by atoms with van der Waals surface area (Å²) in [7, 11) is 4.17. The van der Waals surface area contributed by atoms with Crippen LogP contribution >= 0.6 is 0 Å². The van der Waals surface area contributed by atoms with E-state index in [1.54, 1.807) is 6.92 Å². The Bertz CT molecular complexity index is 346. The summed E-state index contributed by atoms with van der Waals surface area (Å²) in [6.45, 7) is 13.0. The Balaban J connectivity index is 0.000000415. The van der Waals surface area contributed by atoms with Crippen LogP contribution in [0, 0.1) is 11.3 Å². The highest BCUT2D eigenvalue weighted by molar-refractivity contribution is 5.38. The summed E-state index contributed by atoms with van der Waals surface area (Å²) in [6.07, 6.45) is 10.2. The summed E-state index contributed by atoms with van der Waals surface area (Å²) in [6, 6.07) is 0. The molecule has 0 aromatic carbocycles. The normalized spacial score (nSPS) is 26.3. The quantitative estimate of drug-likeness (QED) is 0.755. The first-order valence-electron chi connectivity index (χ1n) is 6.54. The number of rotatable bonds is 2. The summed E-state index contributed by atoms with van der Waals surface area (Å²) >= 11 is 0. The van der Waals surface area contributed by atoms with Gasteiger partial charge in [0.25, 0.3) is 0 Å². The lowest BCUT2D eigenvalue weighted by Gasteiger charge is -2.18. The van der Waals surface area contributed by atoms with Gasteiger partial charge < -0.3 is 10.6 Å². The first-order chi connectivity index (χ1) is 8.41. The predicted octanol–water partition coefficient (Wildman–Crippen LogP) is 3.70. The third-order valence-corrected chi connectivity index (χ3v) is 2.94. The van der Waals surface area contributed by atoms with Gasteiger partial charge in [-0.25, -0.2) is 0 Å². The third kappa shape index (κ3) is 4.44. The van der Waals surface area contributed by atoms with Crippen LogP contribution in [0.4, 0.5) is 0 Å². The van der Waals surface area contributed by atoms with Gasteiger partial charge in [-0.05, 0) is 31.0 Å². The fraction of sp³-hybridized carbons (Fsp3) is 0.500. The molecule has 1 saturated carbocycles. The second-order valence-corrected chi connectivity index (χ2v) is 4.79. The van der Waals surface area contributed by atoms with E-state index in [0.717, 1.165) is 5.92 Å². The Morgan fingerprint density at radius 2 is 2.00 bits per heavy atom. The molecular formula is C16H28N2. The Labute approximate surface area is 113 Å². The summed E-state index contributed by atoms with van der Waals surface area (Å²) in [5.74, 6) is 0.720. The number of hydrogen-bond donors (Lipinski definition) is 1. The number of nitrogens with zero attached hydrogens (tertiary/aromatic N) is 1. The largest absolute Gasteiger partial charge is 0.403 e. The lowest BCUT2D eigenvalue weighted by molar-refractivity contribution is 0.519. The van der Waals surface area contributed by atoms with Gasteiger partial charge in [0, 0.05) is 25.2 Å². The van der Waals surface area contributed by atoms with Crippen LogP contribution < -0.4 is 5.73 Å². The van der Waals surface area contributed by atoms with Gasteiger partial charge in [0.15, 0.2) is 0 Å². The van der Waals surface area contributed by atoms with Crippen molar-refractivity contribution in [2.75, 3.05) is 14.1 Å². The molecule has 1 fully saturated rings. The molecule has 2 heteroatoms. The Kier molecular flexibility index (Phi) is 6.53. The van der Waals surface area contributed by atoms with Gasteiger partial charge in [0.1, 0.15) is 0 Å². The van der Waals surface area contributed by atoms with E-state index >= 15 is 0 Å². The molecule has 2 aliphatic rings. The minimum atomic E-state index is 0.333. The molecule has 0 saturated heterocycles. The van der Waals surface area contributed by atoms with E-state index in [0.29, 0.717) is 11.1 Å². The van der Waals surface area contributed by atoms with Crippen LogP contribution in [-0.4, -0.2) is 19.0 Å². The average Bonchev–Trinajstić information content (AvgIpc) is 3.04. The topological polar surface area (TPSA) is 29.3 Å². The van der Waals surface area contributed by atoms with Crippen molar-refractivity contribution < 1.29 is 0 Å². The molecule has 0 heterocycles. The number of nitrogens with two attached hydrogens (primary N) is 1. The predicted molar refractivity (Wildman–Crippen MR) is 82.0 cm³/mol. The minimum absolute atomic E-state index is 0.333. The van der Waals surface area contributed by atoms with Gasteiger partial charge in [-0.3, -0.25) is 0 Å². The van der Waals surface area contributed by atoms with Crippen molar-refractivity contribution in [3.8, 4) is 0 Å². The van der Waals surface area contributed by atoms with Crippen LogP contribution in [0.5, 0.6) is 0 Å². The van der Waals surface area contributed by atoms with Crippen molar-refractivity contribution in [1.29, 1.82) is 0 Å². The zero-order chi connectivity index (χ0) is 14.3. The zero-order valence-electron chi connectivity index (χ0n) is 12.5. The van der Waals surface area contributed by atoms with Crippen molar-refractivity contribution in [1.82, 2.24) is 4.90 Å². The van der Waals surface area contributed by atoms with Crippen molar-refractivity contribution >= 4 is 0 Å². The average molecular weight is 248 g/mol. The summed E-state index contributed by atoms with van der Waals surface area (Å²) < 4.78 is 0. The molecule has 2 aliphatic carbocycles. The Morgan fingerprint density at radius 3 is 2.33 bits per heavy atom. The molecule has 0 aromatic rings. The first kappa shape index (κ1) is 16.6. The SMILES string of the molecule is C=C(C)N.C=CC12C=CC(N(C)C)=CC1C2.CC. The summed E-state index contributed by atoms with van der Waals surface area (Å²) in [5.41, 5.74) is 7.24. The van der Waals surface area contributed by atoms with Crippen LogP contribution in [-0.2, 0) is 0 Å². The van der Waals surface area contributed by atoms with Gasteiger partial charge >= 0.3 is 0 Å². The van der Waals surface area contributed by atoms with Gasteiger partial charge in [0.05, 0.1) is 0 Å². The Hall–Kier alpha value is -1.44. The molecule has 2 atom stereocenters. The molecule has 0 aliphatic heterocycles. The molecule has 18 heavy (non-hydrogen) atoms. The molecule has 2 N–H and O–H groups in total. The molecule has 2 rings (SSSR count). The fourth-order valence-corrected chi connectivity index (χ4v) is 1.83. The van der Waals surface area contributed by atoms with Gasteiger partial charge in [-0.1, -0.05) is 38.7 Å². The molecular weight excluding hydrogens is 220 g/mol. The van der Waals surface area contributed by atoms with Crippen LogP contribution in [0.25, 0.3) is 0 Å². The summed E-state index contributed by atoms with van der Waals surface area (Å²) in [4.78, 5) is 2.15. The van der Waals surface area contributed by atoms with E-state index in [9.17, 15) is 0 Å². The van der Waals surface area contributed by atoms with Crippen molar-refractivity contribution in [3.05, 3.63) is 48.9 Å². The van der Waals surface area contributed by atoms with E-state index in [1.165, 1.54) is 12.1 Å². The first-order valence-corrected chi connectivity index (χ1v) is 6.54. The highest BCUT2D eigenvalue weighted by Crippen LogP contribution is 2.57. The van der Waals surface area contributed by atoms with Crippen molar-refractivity contribution in [2.24, 2.45) is 17.1 Å². The Morgan fingerprint density at radius 1 is 1.50 bits per heavy atom. The second-order valence-electron chi connectivity index (χ2n) is 4.79. The highest BCUT2D eigenvalue weighted by atomic mass is 15.1. The third-order valence-electron chi connectivity index (χ3n) is 2.94. The number of likely N-dealkylation sites (N-methyl/N-ethyl adjacent to an activating group) is 1. The maximum atomic E-state index is 4.92. The molecule has 0 radical (unpaired) electrons. The van der Waals surface area contributed by atoms with Crippen LogP contribution in [0.1, 0.15) is 27.2 Å². The summed E-state index contributed by atoms with van der Waals surface area (Å²) in [5, 5.41) is 0. The minimum Gasteiger partial charge on any atom is -0.403 e. The number of fused-ring (bicyclic) bond motifs is 1. The molecule has 2 nitrogen and oxygen atoms in total. The molecule has 0 amide bonds. The molecule has 2 unspecified atom stereocenters. The van der Waals surface area contributed by atoms with E-state index in [2.05, 4.69) is 56.5 Å². The van der Waals surface area contributed by atoms with Gasteiger partial charge in [0.2, 0.25) is 0 Å². The number of allylic oxidation sites excluding steroid dienone is 5. The van der Waals surface area contributed by atoms with E-state index in [4.69, 9.17) is 5.73 Å². The lowest BCUT2D eigenvalue weighted by atomic mass is 9.98. The number of hydrogen-bond acceptors (Lipinski definition) is 2. The fourth-order valence-electron chi connectivity index (χ4n) is 1.83. The van der Waals surface area contributed by atoms with Crippen LogP contribution in [0.2, 0.25) is 0 Å². The zero-order valence-corrected chi connectivity index (χ0v) is 12.5. The van der Waals surface area contributed by atoms with E-state index < -0.39 is 0 Å². The molecule has 0 spiro atoms.